The summed E-state index contributed by atoms with van der Waals surface area (Å²) in [5, 5.41) is -6.27. The third-order valence-corrected chi connectivity index (χ3v) is 2.80. The number of halogens is 7. The fourth-order valence-corrected chi connectivity index (χ4v) is 1.17. The van der Waals surface area contributed by atoms with E-state index in [0.717, 1.165) is 0 Å². The molecule has 0 heterocycles. The first-order valence-electron chi connectivity index (χ1n) is 3.06. The largest absolute Gasteiger partial charge is 0.461 e. The molecule has 0 aromatic rings. The van der Waals surface area contributed by atoms with E-state index in [1.165, 1.54) is 0 Å². The van der Waals surface area contributed by atoms with Crippen molar-refractivity contribution in [3.05, 3.63) is 0 Å². The molecule has 0 aliphatic heterocycles. The van der Waals surface area contributed by atoms with Gasteiger partial charge in [0, 0.05) is 0 Å². The molecule has 0 saturated heterocycles. The van der Waals surface area contributed by atoms with Gasteiger partial charge >= 0.3 is 17.4 Å². The highest BCUT2D eigenvalue weighted by Gasteiger charge is 2.78. The van der Waals surface area contributed by atoms with Crippen LogP contribution in [-0.2, 0) is 10.0 Å². The minimum Gasteiger partial charge on any atom is -0.213 e. The number of sulfonamides is 1. The molecular formula is C4H4F7NO2S. The highest BCUT2D eigenvalue weighted by molar-refractivity contribution is 7.90. The Kier molecular flexibility index (Phi) is 3.34. The molecule has 92 valence electrons. The Bertz CT molecular complexity index is 331. The second-order valence-corrected chi connectivity index (χ2v) is 4.22. The van der Waals surface area contributed by atoms with E-state index in [0.29, 0.717) is 4.72 Å². The highest BCUT2D eigenvalue weighted by atomic mass is 32.2. The number of nitrogens with one attached hydrogen (secondary N) is 1. The van der Waals surface area contributed by atoms with Crippen LogP contribution in [0.1, 0.15) is 0 Å². The molecule has 0 aliphatic rings. The predicted octanol–water partition coefficient (Wildman–Crippen LogP) is 1.33. The molecule has 0 unspecified atom stereocenters. The summed E-state index contributed by atoms with van der Waals surface area (Å²) in [6, 6.07) is 0. The van der Waals surface area contributed by atoms with E-state index < -0.39 is 27.4 Å². The van der Waals surface area contributed by atoms with Crippen molar-refractivity contribution in [1.29, 1.82) is 0 Å². The van der Waals surface area contributed by atoms with Crippen molar-refractivity contribution < 1.29 is 39.2 Å². The number of hydrogen-bond donors (Lipinski definition) is 1. The first-order valence-corrected chi connectivity index (χ1v) is 4.55. The molecule has 0 amide bonds. The number of rotatable bonds is 3. The Hall–Kier alpha value is -0.580. The maximum absolute atomic E-state index is 12.4. The van der Waals surface area contributed by atoms with Gasteiger partial charge in [-0.05, 0) is 7.05 Å². The fourth-order valence-electron chi connectivity index (χ4n) is 0.462. The second kappa shape index (κ2) is 3.47. The third kappa shape index (κ3) is 2.02. The van der Waals surface area contributed by atoms with E-state index >= 15 is 0 Å². The third-order valence-electron chi connectivity index (χ3n) is 1.33. The van der Waals surface area contributed by atoms with Crippen molar-refractivity contribution in [2.24, 2.45) is 0 Å². The lowest BCUT2D eigenvalue weighted by atomic mass is 10.3. The van der Waals surface area contributed by atoms with E-state index in [4.69, 9.17) is 0 Å². The Labute approximate surface area is 79.3 Å². The molecule has 0 aromatic heterocycles. The Morgan fingerprint density at radius 1 is 0.933 bits per heavy atom. The van der Waals surface area contributed by atoms with Crippen LogP contribution in [0.3, 0.4) is 0 Å². The average Bonchev–Trinajstić information content (AvgIpc) is 2.01. The van der Waals surface area contributed by atoms with Gasteiger partial charge in [0.15, 0.2) is 0 Å². The Morgan fingerprint density at radius 3 is 1.47 bits per heavy atom. The van der Waals surface area contributed by atoms with Crippen molar-refractivity contribution in [3.8, 4) is 0 Å². The van der Waals surface area contributed by atoms with E-state index in [9.17, 15) is 39.2 Å². The zero-order valence-electron chi connectivity index (χ0n) is 6.87. The van der Waals surface area contributed by atoms with Crippen molar-refractivity contribution in [3.63, 3.8) is 0 Å². The molecule has 0 bridgehead atoms. The Morgan fingerprint density at radius 2 is 1.27 bits per heavy atom. The molecule has 0 rings (SSSR count). The van der Waals surface area contributed by atoms with Crippen LogP contribution in [-0.4, -0.2) is 32.8 Å². The summed E-state index contributed by atoms with van der Waals surface area (Å²) in [5.74, 6) is -6.66. The van der Waals surface area contributed by atoms with Gasteiger partial charge in [0.1, 0.15) is 0 Å². The van der Waals surface area contributed by atoms with Crippen molar-refractivity contribution >= 4 is 10.0 Å². The van der Waals surface area contributed by atoms with Crippen LogP contribution in [0.15, 0.2) is 0 Å². The molecule has 0 spiro atoms. The molecule has 0 saturated carbocycles. The van der Waals surface area contributed by atoms with Gasteiger partial charge in [-0.1, -0.05) is 0 Å². The molecule has 0 aromatic carbocycles. The van der Waals surface area contributed by atoms with Crippen molar-refractivity contribution in [2.75, 3.05) is 7.05 Å². The molecule has 0 atom stereocenters. The van der Waals surface area contributed by atoms with Gasteiger partial charge in [0.2, 0.25) is 0 Å². The van der Waals surface area contributed by atoms with Crippen LogP contribution < -0.4 is 4.72 Å². The smallest absolute Gasteiger partial charge is 0.213 e. The molecule has 0 radical (unpaired) electrons. The second-order valence-electron chi connectivity index (χ2n) is 2.30. The normalized spacial score (nSPS) is 15.5. The minimum atomic E-state index is -6.67. The van der Waals surface area contributed by atoms with E-state index in [2.05, 4.69) is 0 Å². The Balaban J connectivity index is 5.60. The van der Waals surface area contributed by atoms with Crippen molar-refractivity contribution in [2.45, 2.75) is 17.4 Å². The van der Waals surface area contributed by atoms with Crippen LogP contribution in [0.2, 0.25) is 0 Å². The monoisotopic (exact) mass is 263 g/mol. The molecule has 1 N–H and O–H groups in total. The first kappa shape index (κ1) is 14.4. The lowest BCUT2D eigenvalue weighted by molar-refractivity contribution is -0.332. The van der Waals surface area contributed by atoms with Gasteiger partial charge in [-0.2, -0.15) is 30.7 Å². The van der Waals surface area contributed by atoms with Crippen LogP contribution in [0.25, 0.3) is 0 Å². The van der Waals surface area contributed by atoms with Crippen LogP contribution in [0, 0.1) is 0 Å². The van der Waals surface area contributed by atoms with E-state index in [1.54, 1.807) is 0 Å². The van der Waals surface area contributed by atoms with Gasteiger partial charge < -0.3 is 0 Å². The van der Waals surface area contributed by atoms with Crippen LogP contribution >= 0.6 is 0 Å². The van der Waals surface area contributed by atoms with Gasteiger partial charge in [0.05, 0.1) is 0 Å². The zero-order valence-corrected chi connectivity index (χ0v) is 7.69. The summed E-state index contributed by atoms with van der Waals surface area (Å²) in [4.78, 5) is 0. The molecule has 15 heavy (non-hydrogen) atoms. The molecule has 0 aliphatic carbocycles. The standard InChI is InChI=1S/C4H4F7NO2S/c1-12-15(13,14)4(10,11)2(5,6)3(7,8)9/h12H,1H3. The number of alkyl halides is 7. The minimum absolute atomic E-state index is 0.287. The first-order chi connectivity index (χ1) is 6.31. The lowest BCUT2D eigenvalue weighted by Crippen LogP contribution is -2.58. The maximum Gasteiger partial charge on any atom is 0.461 e. The van der Waals surface area contributed by atoms with Gasteiger partial charge in [-0.3, -0.25) is 0 Å². The van der Waals surface area contributed by atoms with Crippen molar-refractivity contribution in [1.82, 2.24) is 4.72 Å². The molecule has 3 nitrogen and oxygen atoms in total. The summed E-state index contributed by atoms with van der Waals surface area (Å²) >= 11 is 0. The van der Waals surface area contributed by atoms with Gasteiger partial charge in [0.25, 0.3) is 10.0 Å². The fraction of sp³-hybridized carbons (Fsp3) is 1.00. The average molecular weight is 263 g/mol. The highest BCUT2D eigenvalue weighted by Crippen LogP contribution is 2.48. The summed E-state index contributed by atoms with van der Waals surface area (Å²) in [7, 11) is -5.80. The summed E-state index contributed by atoms with van der Waals surface area (Å²) in [6.45, 7) is 0. The molecule has 0 fully saturated rings. The predicted molar refractivity (Wildman–Crippen MR) is 33.9 cm³/mol. The van der Waals surface area contributed by atoms with Crippen LogP contribution in [0.4, 0.5) is 30.7 Å². The zero-order chi connectivity index (χ0) is 12.7. The summed E-state index contributed by atoms with van der Waals surface area (Å²) < 4.78 is 105. The lowest BCUT2D eigenvalue weighted by Gasteiger charge is -2.27. The molecular weight excluding hydrogens is 259 g/mol. The van der Waals surface area contributed by atoms with Gasteiger partial charge in [-0.15, -0.1) is 0 Å². The maximum atomic E-state index is 12.4. The quantitative estimate of drug-likeness (QED) is 0.781. The molecule has 11 heteroatoms. The van der Waals surface area contributed by atoms with Gasteiger partial charge in [-0.25, -0.2) is 13.1 Å². The SMILES string of the molecule is CNS(=O)(=O)C(F)(F)C(F)(F)C(F)(F)F. The number of hydrogen-bond acceptors (Lipinski definition) is 2. The summed E-state index contributed by atoms with van der Waals surface area (Å²) in [6.07, 6.45) is -6.67. The van der Waals surface area contributed by atoms with E-state index in [1.807, 2.05) is 0 Å². The van der Waals surface area contributed by atoms with Crippen LogP contribution in [0.5, 0.6) is 0 Å². The van der Waals surface area contributed by atoms with E-state index in [-0.39, 0.29) is 7.05 Å². The topological polar surface area (TPSA) is 46.2 Å². The summed E-state index contributed by atoms with van der Waals surface area (Å²) in [5.41, 5.74) is 0.